The molecule has 1 heterocycles. The average Bonchev–Trinajstić information content (AvgIpc) is 2.51. The zero-order valence-electron chi connectivity index (χ0n) is 12.3. The molecule has 0 atom stereocenters. The van der Waals surface area contributed by atoms with E-state index in [2.05, 4.69) is 5.32 Å². The van der Waals surface area contributed by atoms with Gasteiger partial charge in [-0.3, -0.25) is 9.59 Å². The van der Waals surface area contributed by atoms with Crippen LogP contribution in [0.1, 0.15) is 33.6 Å². The van der Waals surface area contributed by atoms with Crippen molar-refractivity contribution < 1.29 is 19.5 Å². The third kappa shape index (κ3) is 4.71. The average molecular weight is 285 g/mol. The number of carboxylic acid groups (broad SMARTS) is 1. The van der Waals surface area contributed by atoms with E-state index < -0.39 is 11.5 Å². The molecule has 0 aromatic rings. The predicted octanol–water partition coefficient (Wildman–Crippen LogP) is 0.504. The van der Waals surface area contributed by atoms with Crippen molar-refractivity contribution >= 4 is 17.9 Å². The van der Waals surface area contributed by atoms with Gasteiger partial charge < -0.3 is 20.2 Å². The number of rotatable bonds is 3. The number of hydrogen-bond donors (Lipinski definition) is 2. The Bertz CT molecular complexity index is 390. The van der Waals surface area contributed by atoms with Crippen LogP contribution in [0.15, 0.2) is 0 Å². The topological polar surface area (TPSA) is 90.0 Å². The van der Waals surface area contributed by atoms with Crippen LogP contribution in [0.4, 0.5) is 4.79 Å². The Hall–Kier alpha value is -1.79. The van der Waals surface area contributed by atoms with Gasteiger partial charge in [0.1, 0.15) is 6.54 Å². The molecule has 1 aliphatic rings. The van der Waals surface area contributed by atoms with Gasteiger partial charge in [0.2, 0.25) is 5.91 Å². The van der Waals surface area contributed by atoms with Crippen molar-refractivity contribution in [3.63, 3.8) is 0 Å². The third-order valence-electron chi connectivity index (χ3n) is 3.12. The first-order valence-electron chi connectivity index (χ1n) is 6.77. The number of carbonyl (C=O) groups is 3. The highest BCUT2D eigenvalue weighted by Gasteiger charge is 2.31. The predicted molar refractivity (Wildman–Crippen MR) is 73.3 cm³/mol. The van der Waals surface area contributed by atoms with Gasteiger partial charge in [0.15, 0.2) is 0 Å². The van der Waals surface area contributed by atoms with Crippen LogP contribution in [0.25, 0.3) is 0 Å². The normalized spacial score (nSPS) is 16.4. The van der Waals surface area contributed by atoms with Crippen molar-refractivity contribution in [1.82, 2.24) is 15.1 Å². The van der Waals surface area contributed by atoms with E-state index in [9.17, 15) is 14.4 Å². The molecule has 0 aromatic heterocycles. The van der Waals surface area contributed by atoms with Gasteiger partial charge in [0.25, 0.3) is 0 Å². The van der Waals surface area contributed by atoms with Crippen LogP contribution in [-0.2, 0) is 9.59 Å². The number of aliphatic carboxylic acids is 1. The van der Waals surface area contributed by atoms with Gasteiger partial charge in [0.05, 0.1) is 6.42 Å². The van der Waals surface area contributed by atoms with Crippen molar-refractivity contribution in [2.75, 3.05) is 26.2 Å². The van der Waals surface area contributed by atoms with E-state index in [1.54, 1.807) is 0 Å². The Labute approximate surface area is 118 Å². The van der Waals surface area contributed by atoms with Crippen molar-refractivity contribution in [1.29, 1.82) is 0 Å². The van der Waals surface area contributed by atoms with Crippen molar-refractivity contribution in [2.24, 2.45) is 0 Å². The molecule has 2 N–H and O–H groups in total. The number of nitrogens with one attached hydrogen (secondary N) is 1. The first kappa shape index (κ1) is 16.3. The summed E-state index contributed by atoms with van der Waals surface area (Å²) in [6.07, 6.45) is 0.595. The van der Waals surface area contributed by atoms with E-state index in [1.165, 1.54) is 9.80 Å². The van der Waals surface area contributed by atoms with Crippen LogP contribution >= 0.6 is 0 Å². The van der Waals surface area contributed by atoms with Crippen LogP contribution in [0.5, 0.6) is 0 Å². The van der Waals surface area contributed by atoms with Crippen LogP contribution in [0, 0.1) is 0 Å². The Balaban J connectivity index is 2.80. The molecular formula is C13H23N3O4. The summed E-state index contributed by atoms with van der Waals surface area (Å²) in [7, 11) is 0. The monoisotopic (exact) mass is 285 g/mol. The number of hydrogen-bond acceptors (Lipinski definition) is 3. The maximum atomic E-state index is 12.5. The van der Waals surface area contributed by atoms with Crippen molar-refractivity contribution in [3.8, 4) is 0 Å². The minimum absolute atomic E-state index is 0.0263. The number of carboxylic acids is 1. The molecule has 7 nitrogen and oxygen atoms in total. The first-order valence-corrected chi connectivity index (χ1v) is 6.77. The molecular weight excluding hydrogens is 262 g/mol. The highest BCUT2D eigenvalue weighted by atomic mass is 16.4. The molecule has 114 valence electrons. The third-order valence-corrected chi connectivity index (χ3v) is 3.12. The van der Waals surface area contributed by atoms with Crippen molar-refractivity contribution in [3.05, 3.63) is 0 Å². The van der Waals surface area contributed by atoms with Gasteiger partial charge in [-0.05, 0) is 27.2 Å². The molecule has 0 unspecified atom stereocenters. The molecule has 1 saturated heterocycles. The fourth-order valence-electron chi connectivity index (χ4n) is 2.07. The minimum Gasteiger partial charge on any atom is -0.481 e. The van der Waals surface area contributed by atoms with Gasteiger partial charge in [-0.25, -0.2) is 4.79 Å². The molecule has 20 heavy (non-hydrogen) atoms. The lowest BCUT2D eigenvalue weighted by Crippen LogP contribution is -2.53. The number of amides is 3. The van der Waals surface area contributed by atoms with Crippen LogP contribution in [0.2, 0.25) is 0 Å². The second-order valence-electron chi connectivity index (χ2n) is 5.87. The van der Waals surface area contributed by atoms with Gasteiger partial charge >= 0.3 is 12.0 Å². The SMILES string of the molecule is CC(C)(C)N(CCC(=O)O)C(=O)N1CCCNC(=O)C1. The second-order valence-corrected chi connectivity index (χ2v) is 5.87. The summed E-state index contributed by atoms with van der Waals surface area (Å²) in [4.78, 5) is 37.8. The summed E-state index contributed by atoms with van der Waals surface area (Å²) in [5, 5.41) is 11.5. The molecule has 0 bridgehead atoms. The van der Waals surface area contributed by atoms with Gasteiger partial charge in [0, 0.05) is 25.2 Å². The lowest BCUT2D eigenvalue weighted by molar-refractivity contribution is -0.137. The fraction of sp³-hybridized carbons (Fsp3) is 0.769. The highest BCUT2D eigenvalue weighted by molar-refractivity contribution is 5.85. The molecule has 0 aromatic carbocycles. The summed E-state index contributed by atoms with van der Waals surface area (Å²) in [5.41, 5.74) is -0.491. The van der Waals surface area contributed by atoms with E-state index in [-0.39, 0.29) is 31.4 Å². The van der Waals surface area contributed by atoms with Gasteiger partial charge in [-0.2, -0.15) is 0 Å². The summed E-state index contributed by atoms with van der Waals surface area (Å²) < 4.78 is 0. The Morgan fingerprint density at radius 2 is 2.05 bits per heavy atom. The van der Waals surface area contributed by atoms with Crippen LogP contribution < -0.4 is 5.32 Å². The standard InChI is InChI=1S/C13H23N3O4/c1-13(2,3)16(8-5-11(18)19)12(20)15-7-4-6-14-10(17)9-15/h4-9H2,1-3H3,(H,14,17)(H,18,19). The summed E-state index contributed by atoms with van der Waals surface area (Å²) in [5.74, 6) is -1.12. The lowest BCUT2D eigenvalue weighted by atomic mass is 10.1. The molecule has 0 radical (unpaired) electrons. The minimum atomic E-state index is -0.944. The number of nitrogens with zero attached hydrogens (tertiary/aromatic N) is 2. The molecule has 1 rings (SSSR count). The Morgan fingerprint density at radius 3 is 2.60 bits per heavy atom. The summed E-state index contributed by atoms with van der Waals surface area (Å²) in [6, 6.07) is -0.282. The smallest absolute Gasteiger partial charge is 0.320 e. The maximum Gasteiger partial charge on any atom is 0.320 e. The zero-order valence-corrected chi connectivity index (χ0v) is 12.3. The Kier molecular flexibility index (Phi) is 5.35. The van der Waals surface area contributed by atoms with Gasteiger partial charge in [-0.1, -0.05) is 0 Å². The Morgan fingerprint density at radius 1 is 1.40 bits per heavy atom. The van der Waals surface area contributed by atoms with Crippen molar-refractivity contribution in [2.45, 2.75) is 39.2 Å². The van der Waals surface area contributed by atoms with E-state index in [4.69, 9.17) is 5.11 Å². The fourth-order valence-corrected chi connectivity index (χ4v) is 2.07. The van der Waals surface area contributed by atoms with Gasteiger partial charge in [-0.15, -0.1) is 0 Å². The van der Waals surface area contributed by atoms with E-state index in [0.29, 0.717) is 19.5 Å². The molecule has 1 fully saturated rings. The molecule has 0 spiro atoms. The van der Waals surface area contributed by atoms with Crippen LogP contribution in [-0.4, -0.2) is 64.5 Å². The van der Waals surface area contributed by atoms with E-state index in [0.717, 1.165) is 0 Å². The lowest BCUT2D eigenvalue weighted by Gasteiger charge is -2.38. The van der Waals surface area contributed by atoms with Crippen LogP contribution in [0.3, 0.4) is 0 Å². The molecule has 1 aliphatic heterocycles. The van der Waals surface area contributed by atoms with E-state index in [1.807, 2.05) is 20.8 Å². The molecule has 0 aliphatic carbocycles. The number of carbonyl (C=O) groups excluding carboxylic acids is 2. The highest BCUT2D eigenvalue weighted by Crippen LogP contribution is 2.17. The second kappa shape index (κ2) is 6.58. The zero-order chi connectivity index (χ0) is 15.3. The number of urea groups is 1. The molecule has 0 saturated carbocycles. The maximum absolute atomic E-state index is 12.5. The summed E-state index contributed by atoms with van der Waals surface area (Å²) in [6.45, 7) is 6.78. The van der Waals surface area contributed by atoms with E-state index >= 15 is 0 Å². The molecule has 7 heteroatoms. The largest absolute Gasteiger partial charge is 0.481 e. The first-order chi connectivity index (χ1) is 9.21. The summed E-state index contributed by atoms with van der Waals surface area (Å²) >= 11 is 0. The quantitative estimate of drug-likeness (QED) is 0.790. The molecule has 3 amide bonds.